The molecule has 1 atom stereocenters. The van der Waals surface area contributed by atoms with E-state index in [1.165, 1.54) is 11.0 Å². The smallest absolute Gasteiger partial charge is 0.295 e. The van der Waals surface area contributed by atoms with Crippen LogP contribution >= 0.6 is 0 Å². The highest BCUT2D eigenvalue weighted by Crippen LogP contribution is 2.42. The number of likely N-dealkylation sites (tertiary alicyclic amines) is 1. The lowest BCUT2D eigenvalue weighted by Crippen LogP contribution is -2.32. The number of aryl methyl sites for hydroxylation is 1. The van der Waals surface area contributed by atoms with Crippen molar-refractivity contribution in [2.45, 2.75) is 32.9 Å². The number of phenolic OH excluding ortho intramolecular Hbond substituents is 1. The Bertz CT molecular complexity index is 1400. The zero-order valence-corrected chi connectivity index (χ0v) is 23.4. The quantitative estimate of drug-likeness (QED) is 0.198. The zero-order chi connectivity index (χ0) is 28.8. The van der Waals surface area contributed by atoms with Crippen molar-refractivity contribution in [3.8, 4) is 17.2 Å². The summed E-state index contributed by atoms with van der Waals surface area (Å²) in [5.74, 6) is -0.846. The molecule has 8 heteroatoms. The summed E-state index contributed by atoms with van der Waals surface area (Å²) in [6.45, 7) is 5.39. The molecule has 0 spiro atoms. The molecule has 1 unspecified atom stereocenters. The number of aliphatic hydroxyl groups excluding tert-OH is 1. The van der Waals surface area contributed by atoms with Crippen LogP contribution < -0.4 is 9.47 Å². The molecular formula is C32H36N2O6. The Labute approximate surface area is 235 Å². The van der Waals surface area contributed by atoms with Crippen molar-refractivity contribution >= 4 is 17.4 Å². The zero-order valence-electron chi connectivity index (χ0n) is 23.4. The van der Waals surface area contributed by atoms with Crippen LogP contribution in [0.25, 0.3) is 5.76 Å². The normalized spacial score (nSPS) is 16.5. The van der Waals surface area contributed by atoms with E-state index >= 15 is 0 Å². The molecule has 1 fully saturated rings. The predicted octanol–water partition coefficient (Wildman–Crippen LogP) is 5.05. The minimum Gasteiger partial charge on any atom is -0.507 e. The molecule has 8 nitrogen and oxygen atoms in total. The van der Waals surface area contributed by atoms with Gasteiger partial charge in [-0.2, -0.15) is 0 Å². The maximum absolute atomic E-state index is 13.4. The van der Waals surface area contributed by atoms with Gasteiger partial charge in [-0.1, -0.05) is 36.4 Å². The second-order valence-electron chi connectivity index (χ2n) is 10.1. The van der Waals surface area contributed by atoms with Gasteiger partial charge in [-0.15, -0.1) is 0 Å². The number of phenols is 1. The molecule has 0 aliphatic carbocycles. The van der Waals surface area contributed by atoms with Crippen molar-refractivity contribution in [1.29, 1.82) is 0 Å². The van der Waals surface area contributed by atoms with Crippen molar-refractivity contribution < 1.29 is 29.3 Å². The highest BCUT2D eigenvalue weighted by atomic mass is 16.5. The Morgan fingerprint density at radius 3 is 2.42 bits per heavy atom. The summed E-state index contributed by atoms with van der Waals surface area (Å²) in [6.07, 6.45) is 0.638. The monoisotopic (exact) mass is 544 g/mol. The summed E-state index contributed by atoms with van der Waals surface area (Å²) in [5.41, 5.74) is 2.73. The van der Waals surface area contributed by atoms with Gasteiger partial charge in [0.1, 0.15) is 18.1 Å². The lowest BCUT2D eigenvalue weighted by atomic mass is 9.93. The maximum Gasteiger partial charge on any atom is 0.295 e. The molecule has 1 aliphatic heterocycles. The second kappa shape index (κ2) is 12.7. The number of amides is 1. The molecule has 4 rings (SSSR count). The number of ether oxygens (including phenoxy) is 2. The van der Waals surface area contributed by atoms with E-state index in [4.69, 9.17) is 9.47 Å². The highest BCUT2D eigenvalue weighted by Gasteiger charge is 2.46. The number of carbonyl (C=O) groups excluding carboxylic acids is 2. The number of aromatic hydroxyl groups is 1. The van der Waals surface area contributed by atoms with Gasteiger partial charge in [0.2, 0.25) is 0 Å². The maximum atomic E-state index is 13.4. The number of benzene rings is 3. The van der Waals surface area contributed by atoms with E-state index in [0.29, 0.717) is 48.6 Å². The first-order valence-electron chi connectivity index (χ1n) is 13.4. The number of aliphatic hydroxyl groups is 1. The molecule has 1 saturated heterocycles. The molecule has 0 bridgehead atoms. The molecule has 3 aromatic carbocycles. The molecule has 210 valence electrons. The standard InChI is InChI=1S/C32H36N2O6/c1-5-39-27-19-23(12-15-26(27)35)29-28(31(37)32(38)34(29)17-9-16-33(3)4)30(36)25-14-13-24(18-21(25)2)40-20-22-10-7-6-8-11-22/h6-8,10-15,18-19,29,35-36H,5,9,16-17,20H2,1-4H3. The SMILES string of the molecule is CCOc1cc(C2C(=C(O)c3ccc(OCc4ccccc4)cc3C)C(=O)C(=O)N2CCCN(C)C)ccc1O. The van der Waals surface area contributed by atoms with Crippen LogP contribution in [0.1, 0.15) is 41.6 Å². The van der Waals surface area contributed by atoms with Crippen LogP contribution in [0.4, 0.5) is 0 Å². The predicted molar refractivity (Wildman–Crippen MR) is 153 cm³/mol. The Morgan fingerprint density at radius 1 is 1.00 bits per heavy atom. The van der Waals surface area contributed by atoms with Crippen LogP contribution in [0.2, 0.25) is 0 Å². The van der Waals surface area contributed by atoms with E-state index in [-0.39, 0.29) is 22.8 Å². The summed E-state index contributed by atoms with van der Waals surface area (Å²) < 4.78 is 11.5. The fraction of sp³-hybridized carbons (Fsp3) is 0.312. The highest BCUT2D eigenvalue weighted by molar-refractivity contribution is 6.46. The lowest BCUT2D eigenvalue weighted by molar-refractivity contribution is -0.139. The van der Waals surface area contributed by atoms with Crippen LogP contribution in [0, 0.1) is 6.92 Å². The second-order valence-corrected chi connectivity index (χ2v) is 10.1. The van der Waals surface area contributed by atoms with Crippen LogP contribution in [0.15, 0.2) is 72.3 Å². The van der Waals surface area contributed by atoms with Gasteiger partial charge in [0, 0.05) is 12.1 Å². The van der Waals surface area contributed by atoms with E-state index in [0.717, 1.165) is 12.1 Å². The summed E-state index contributed by atoms with van der Waals surface area (Å²) in [6, 6.07) is 18.9. The summed E-state index contributed by atoms with van der Waals surface area (Å²) in [5, 5.41) is 21.8. The minimum absolute atomic E-state index is 0.00375. The van der Waals surface area contributed by atoms with Gasteiger partial charge >= 0.3 is 0 Å². The van der Waals surface area contributed by atoms with Crippen molar-refractivity contribution in [1.82, 2.24) is 9.80 Å². The molecule has 1 aliphatic rings. The summed E-state index contributed by atoms with van der Waals surface area (Å²) >= 11 is 0. The van der Waals surface area contributed by atoms with Gasteiger partial charge in [-0.3, -0.25) is 9.59 Å². The number of Topliss-reactive ketones (excluding diaryl/α,β-unsaturated/α-hetero) is 1. The molecule has 3 aromatic rings. The topological polar surface area (TPSA) is 99.5 Å². The van der Waals surface area contributed by atoms with Gasteiger partial charge in [-0.25, -0.2) is 0 Å². The van der Waals surface area contributed by atoms with Gasteiger partial charge in [0.05, 0.1) is 18.2 Å². The number of rotatable bonds is 11. The molecule has 1 amide bonds. The average molecular weight is 545 g/mol. The molecule has 0 radical (unpaired) electrons. The van der Waals surface area contributed by atoms with Crippen LogP contribution in [0.5, 0.6) is 17.2 Å². The van der Waals surface area contributed by atoms with Crippen molar-refractivity contribution in [2.75, 3.05) is 33.8 Å². The van der Waals surface area contributed by atoms with Gasteiger partial charge in [0.15, 0.2) is 11.5 Å². The van der Waals surface area contributed by atoms with Gasteiger partial charge in [-0.05, 0) is 87.9 Å². The molecule has 40 heavy (non-hydrogen) atoms. The molecule has 2 N–H and O–H groups in total. The van der Waals surface area contributed by atoms with Crippen molar-refractivity contribution in [3.05, 3.63) is 94.6 Å². The first-order valence-corrected chi connectivity index (χ1v) is 13.4. The number of hydrogen-bond acceptors (Lipinski definition) is 7. The number of ketones is 1. The lowest BCUT2D eigenvalue weighted by Gasteiger charge is -2.26. The third-order valence-corrected chi connectivity index (χ3v) is 6.85. The largest absolute Gasteiger partial charge is 0.507 e. The fourth-order valence-corrected chi connectivity index (χ4v) is 4.86. The van der Waals surface area contributed by atoms with Gasteiger partial charge < -0.3 is 29.5 Å². The first kappa shape index (κ1) is 28.7. The van der Waals surface area contributed by atoms with Crippen molar-refractivity contribution in [2.24, 2.45) is 0 Å². The number of carbonyl (C=O) groups is 2. The summed E-state index contributed by atoms with van der Waals surface area (Å²) in [4.78, 5) is 30.2. The van der Waals surface area contributed by atoms with E-state index in [1.807, 2.05) is 56.3 Å². The number of nitrogens with zero attached hydrogens (tertiary/aromatic N) is 2. The van der Waals surface area contributed by atoms with E-state index in [2.05, 4.69) is 0 Å². The van der Waals surface area contributed by atoms with Gasteiger partial charge in [0.25, 0.3) is 11.7 Å². The molecule has 0 aromatic heterocycles. The Morgan fingerprint density at radius 2 is 1.75 bits per heavy atom. The van der Waals surface area contributed by atoms with Crippen LogP contribution in [-0.2, 0) is 16.2 Å². The third-order valence-electron chi connectivity index (χ3n) is 6.85. The van der Waals surface area contributed by atoms with E-state index in [1.54, 1.807) is 37.3 Å². The minimum atomic E-state index is -0.838. The molecule has 1 heterocycles. The van der Waals surface area contributed by atoms with Crippen LogP contribution in [-0.4, -0.2) is 65.5 Å². The third kappa shape index (κ3) is 6.29. The van der Waals surface area contributed by atoms with Crippen LogP contribution in [0.3, 0.4) is 0 Å². The Kier molecular flexibility index (Phi) is 9.11. The average Bonchev–Trinajstić information content (AvgIpc) is 3.18. The fourth-order valence-electron chi connectivity index (χ4n) is 4.86. The van der Waals surface area contributed by atoms with E-state index < -0.39 is 17.7 Å². The molecular weight excluding hydrogens is 508 g/mol. The Hall–Kier alpha value is -4.30. The number of hydrogen-bond donors (Lipinski definition) is 2. The van der Waals surface area contributed by atoms with E-state index in [9.17, 15) is 19.8 Å². The Balaban J connectivity index is 1.72. The van der Waals surface area contributed by atoms with Crippen molar-refractivity contribution in [3.63, 3.8) is 0 Å². The first-order chi connectivity index (χ1) is 19.2. The molecule has 0 saturated carbocycles. The summed E-state index contributed by atoms with van der Waals surface area (Å²) in [7, 11) is 3.88.